The smallest absolute Gasteiger partial charge is 0.267 e. The van der Waals surface area contributed by atoms with Crippen LogP contribution in [0.15, 0.2) is 22.7 Å². The molecule has 1 saturated heterocycles. The van der Waals surface area contributed by atoms with E-state index in [1.807, 2.05) is 39.0 Å². The Hall–Kier alpha value is -2.71. The highest BCUT2D eigenvalue weighted by atomic mass is 32.1. The summed E-state index contributed by atoms with van der Waals surface area (Å²) in [5.41, 5.74) is 4.00. The number of nitrogens with zero attached hydrogens (tertiary/aromatic N) is 2. The molecule has 3 aromatic rings. The van der Waals surface area contributed by atoms with Gasteiger partial charge in [0.25, 0.3) is 5.91 Å². The molecule has 0 saturated carbocycles. The van der Waals surface area contributed by atoms with Crippen LogP contribution in [0.3, 0.4) is 0 Å². The van der Waals surface area contributed by atoms with Crippen LogP contribution in [0.1, 0.15) is 70.9 Å². The van der Waals surface area contributed by atoms with Crippen LogP contribution in [-0.4, -0.2) is 35.2 Å². The lowest BCUT2D eigenvalue weighted by atomic mass is 10.0. The van der Waals surface area contributed by atoms with Crippen LogP contribution in [0.5, 0.6) is 5.75 Å². The van der Waals surface area contributed by atoms with Crippen molar-refractivity contribution >= 4 is 22.9 Å². The van der Waals surface area contributed by atoms with Crippen LogP contribution in [0.2, 0.25) is 0 Å². The molecule has 2 N–H and O–H groups in total. The zero-order valence-electron chi connectivity index (χ0n) is 19.9. The molecule has 1 aromatic carbocycles. The minimum atomic E-state index is -0.151. The number of rotatable bonds is 7. The van der Waals surface area contributed by atoms with Gasteiger partial charge in [0.2, 0.25) is 0 Å². The van der Waals surface area contributed by atoms with Crippen LogP contribution >= 0.6 is 11.3 Å². The van der Waals surface area contributed by atoms with Gasteiger partial charge in [0.15, 0.2) is 0 Å². The lowest BCUT2D eigenvalue weighted by molar-refractivity contribution is 0.103. The average molecular weight is 469 g/mol. The number of carbonyl (C=O) groups is 1. The molecular weight excluding hydrogens is 436 g/mol. The van der Waals surface area contributed by atoms with Gasteiger partial charge in [-0.25, -0.2) is 4.98 Å². The maximum Gasteiger partial charge on any atom is 0.267 e. The van der Waals surface area contributed by atoms with Crippen molar-refractivity contribution in [3.8, 4) is 16.9 Å². The molecule has 1 aliphatic rings. The summed E-state index contributed by atoms with van der Waals surface area (Å²) in [7, 11) is 0. The fourth-order valence-electron chi connectivity index (χ4n) is 4.12. The number of aromatic nitrogens is 2. The molecule has 0 bridgehead atoms. The predicted octanol–water partition coefficient (Wildman–Crippen LogP) is 5.62. The molecule has 2 aromatic heterocycles. The second-order valence-corrected chi connectivity index (χ2v) is 9.97. The summed E-state index contributed by atoms with van der Waals surface area (Å²) in [4.78, 5) is 18.2. The monoisotopic (exact) mass is 468 g/mol. The van der Waals surface area contributed by atoms with Crippen LogP contribution < -0.4 is 15.4 Å². The third-order valence-electron chi connectivity index (χ3n) is 5.91. The van der Waals surface area contributed by atoms with Crippen molar-refractivity contribution < 1.29 is 14.1 Å². The largest absolute Gasteiger partial charge is 0.491 e. The van der Waals surface area contributed by atoms with Gasteiger partial charge in [0, 0.05) is 23.2 Å². The Kier molecular flexibility index (Phi) is 7.14. The lowest BCUT2D eigenvalue weighted by Crippen LogP contribution is -2.38. The molecule has 0 radical (unpaired) electrons. The summed E-state index contributed by atoms with van der Waals surface area (Å²) < 4.78 is 11.7. The van der Waals surface area contributed by atoms with Gasteiger partial charge in [-0.1, -0.05) is 25.4 Å². The number of hydrogen-bond acceptors (Lipinski definition) is 7. The normalized spacial score (nSPS) is 16.2. The molecule has 33 heavy (non-hydrogen) atoms. The van der Waals surface area contributed by atoms with Crippen LogP contribution in [0.4, 0.5) is 5.69 Å². The summed E-state index contributed by atoms with van der Waals surface area (Å²) in [6, 6.07) is 6.08. The minimum Gasteiger partial charge on any atom is -0.491 e. The van der Waals surface area contributed by atoms with E-state index in [0.717, 1.165) is 52.0 Å². The number of carbonyl (C=O) groups excluding carboxylic acids is 1. The topological polar surface area (TPSA) is 89.3 Å². The first-order valence-electron chi connectivity index (χ1n) is 11.6. The van der Waals surface area contributed by atoms with E-state index in [1.54, 1.807) is 0 Å². The van der Waals surface area contributed by atoms with Gasteiger partial charge in [-0.05, 0) is 58.4 Å². The van der Waals surface area contributed by atoms with Gasteiger partial charge in [0.05, 0.1) is 22.0 Å². The zero-order valence-corrected chi connectivity index (χ0v) is 20.8. The zero-order chi connectivity index (χ0) is 23.5. The van der Waals surface area contributed by atoms with Crippen molar-refractivity contribution in [2.75, 3.05) is 18.5 Å². The van der Waals surface area contributed by atoms with Crippen molar-refractivity contribution in [2.24, 2.45) is 0 Å². The molecule has 0 aliphatic carbocycles. The number of anilines is 1. The summed E-state index contributed by atoms with van der Waals surface area (Å²) in [6.07, 6.45) is 3.55. The van der Waals surface area contributed by atoms with E-state index in [2.05, 4.69) is 34.6 Å². The Bertz CT molecular complexity index is 1110. The van der Waals surface area contributed by atoms with Crippen molar-refractivity contribution in [3.05, 3.63) is 45.2 Å². The van der Waals surface area contributed by atoms with Crippen molar-refractivity contribution in [3.63, 3.8) is 0 Å². The maximum absolute atomic E-state index is 13.0. The standard InChI is InChI=1S/C25H32N4O3S/c1-14(2)25-27-16(4)23(33-25)24(30)28-18-9-10-21(31-13-19-8-6-7-11-26-19)20(12-18)22-15(3)29-32-17(22)5/h9-10,12,14,19,26H,6-8,11,13H2,1-5H3,(H,28,30). The van der Waals surface area contributed by atoms with E-state index in [9.17, 15) is 4.79 Å². The fourth-order valence-corrected chi connectivity index (χ4v) is 5.08. The second kappa shape index (κ2) is 10.1. The SMILES string of the molecule is Cc1nc(C(C)C)sc1C(=O)Nc1ccc(OCC2CCCCN2)c(-c2c(C)noc2C)c1. The van der Waals surface area contributed by atoms with Gasteiger partial charge in [-0.15, -0.1) is 11.3 Å². The predicted molar refractivity (Wildman–Crippen MR) is 131 cm³/mol. The van der Waals surface area contributed by atoms with E-state index in [1.165, 1.54) is 24.2 Å². The Labute approximate surface area is 198 Å². The van der Waals surface area contributed by atoms with Gasteiger partial charge in [-0.2, -0.15) is 0 Å². The molecule has 176 valence electrons. The third-order valence-corrected chi connectivity index (χ3v) is 7.36. The van der Waals surface area contributed by atoms with Gasteiger partial charge < -0.3 is 19.9 Å². The number of ether oxygens (including phenoxy) is 1. The summed E-state index contributed by atoms with van der Waals surface area (Å²) in [5, 5.41) is 11.6. The Morgan fingerprint density at radius 1 is 1.27 bits per heavy atom. The quantitative estimate of drug-likeness (QED) is 0.468. The highest BCUT2D eigenvalue weighted by Gasteiger charge is 2.21. The van der Waals surface area contributed by atoms with Gasteiger partial charge >= 0.3 is 0 Å². The number of nitrogens with one attached hydrogen (secondary N) is 2. The van der Waals surface area contributed by atoms with Crippen LogP contribution in [0.25, 0.3) is 11.1 Å². The molecule has 7 nitrogen and oxygen atoms in total. The fraction of sp³-hybridized carbons (Fsp3) is 0.480. The first kappa shape index (κ1) is 23.4. The van der Waals surface area contributed by atoms with Gasteiger partial charge in [0.1, 0.15) is 23.0 Å². The van der Waals surface area contributed by atoms with Crippen molar-refractivity contribution in [1.29, 1.82) is 0 Å². The van der Waals surface area contributed by atoms with Crippen molar-refractivity contribution in [1.82, 2.24) is 15.5 Å². The molecule has 4 rings (SSSR count). The number of hydrogen-bond donors (Lipinski definition) is 2. The minimum absolute atomic E-state index is 0.151. The van der Waals surface area contributed by atoms with Gasteiger partial charge in [-0.3, -0.25) is 4.79 Å². The number of piperidine rings is 1. The number of benzene rings is 1. The van der Waals surface area contributed by atoms with Crippen LogP contribution in [0, 0.1) is 20.8 Å². The lowest BCUT2D eigenvalue weighted by Gasteiger charge is -2.24. The number of thiazole rings is 1. The first-order chi connectivity index (χ1) is 15.8. The number of aryl methyl sites for hydroxylation is 3. The molecule has 3 heterocycles. The van der Waals surface area contributed by atoms with E-state index in [-0.39, 0.29) is 11.8 Å². The van der Waals surface area contributed by atoms with Crippen molar-refractivity contribution in [2.45, 2.75) is 65.8 Å². The van der Waals surface area contributed by atoms with E-state index in [4.69, 9.17) is 9.26 Å². The highest BCUT2D eigenvalue weighted by Crippen LogP contribution is 2.37. The molecule has 1 unspecified atom stereocenters. The molecule has 8 heteroatoms. The highest BCUT2D eigenvalue weighted by molar-refractivity contribution is 7.14. The summed E-state index contributed by atoms with van der Waals surface area (Å²) >= 11 is 1.45. The molecule has 0 spiro atoms. The molecule has 1 atom stereocenters. The molecule has 1 amide bonds. The molecular formula is C25H32N4O3S. The number of amides is 1. The Morgan fingerprint density at radius 3 is 2.73 bits per heavy atom. The second-order valence-electron chi connectivity index (χ2n) is 8.94. The molecule has 1 aliphatic heterocycles. The summed E-state index contributed by atoms with van der Waals surface area (Å²) in [6.45, 7) is 11.5. The van der Waals surface area contributed by atoms with E-state index >= 15 is 0 Å². The first-order valence-corrected chi connectivity index (χ1v) is 12.4. The van der Waals surface area contributed by atoms with E-state index in [0.29, 0.717) is 23.2 Å². The molecule has 1 fully saturated rings. The third kappa shape index (κ3) is 5.28. The average Bonchev–Trinajstić information content (AvgIpc) is 3.35. The Balaban J connectivity index is 1.60. The van der Waals surface area contributed by atoms with E-state index < -0.39 is 0 Å². The Morgan fingerprint density at radius 2 is 2.09 bits per heavy atom. The summed E-state index contributed by atoms with van der Waals surface area (Å²) in [5.74, 6) is 1.61. The van der Waals surface area contributed by atoms with Crippen LogP contribution in [-0.2, 0) is 0 Å². The maximum atomic E-state index is 13.0.